The standard InChI is InChI=1S/C10H20BNO4/c1-12-6-8(3-2-4-11(15)16)5-9(7-12)10(13)14/h8-9,15-16H,2-7H2,1H3,(H,13,14)/t8-,9?/m0/s1. The highest BCUT2D eigenvalue weighted by Crippen LogP contribution is 2.25. The molecule has 1 saturated heterocycles. The smallest absolute Gasteiger partial charge is 0.451 e. The van der Waals surface area contributed by atoms with Gasteiger partial charge < -0.3 is 20.1 Å². The van der Waals surface area contributed by atoms with E-state index >= 15 is 0 Å². The van der Waals surface area contributed by atoms with Crippen molar-refractivity contribution in [1.29, 1.82) is 0 Å². The highest BCUT2D eigenvalue weighted by Gasteiger charge is 2.29. The Labute approximate surface area is 96.2 Å². The van der Waals surface area contributed by atoms with E-state index in [1.54, 1.807) is 0 Å². The SMILES string of the molecule is CN1CC(C(=O)O)C[C@H](CCCB(O)O)C1. The maximum absolute atomic E-state index is 10.9. The summed E-state index contributed by atoms with van der Waals surface area (Å²) >= 11 is 0. The molecule has 3 N–H and O–H groups in total. The van der Waals surface area contributed by atoms with Gasteiger partial charge in [0.1, 0.15) is 0 Å². The lowest BCUT2D eigenvalue weighted by molar-refractivity contribution is -0.144. The molecule has 1 rings (SSSR count). The summed E-state index contributed by atoms with van der Waals surface area (Å²) in [4.78, 5) is 13.0. The van der Waals surface area contributed by atoms with Crippen LogP contribution in [0.15, 0.2) is 0 Å². The van der Waals surface area contributed by atoms with E-state index in [4.69, 9.17) is 15.2 Å². The van der Waals surface area contributed by atoms with Gasteiger partial charge in [-0.1, -0.05) is 6.42 Å². The van der Waals surface area contributed by atoms with Crippen molar-refractivity contribution < 1.29 is 19.9 Å². The van der Waals surface area contributed by atoms with Crippen molar-refractivity contribution in [2.24, 2.45) is 11.8 Å². The Hall–Kier alpha value is -0.585. The molecule has 0 radical (unpaired) electrons. The molecular formula is C10H20BNO4. The average molecular weight is 229 g/mol. The van der Waals surface area contributed by atoms with Gasteiger partial charge in [0, 0.05) is 13.1 Å². The van der Waals surface area contributed by atoms with Gasteiger partial charge in [0.2, 0.25) is 0 Å². The summed E-state index contributed by atoms with van der Waals surface area (Å²) in [6.45, 7) is 1.53. The molecule has 0 spiro atoms. The van der Waals surface area contributed by atoms with E-state index < -0.39 is 13.1 Å². The lowest BCUT2D eigenvalue weighted by atomic mass is 9.80. The molecule has 0 aromatic rings. The van der Waals surface area contributed by atoms with Crippen LogP contribution in [0.3, 0.4) is 0 Å². The quantitative estimate of drug-likeness (QED) is 0.573. The van der Waals surface area contributed by atoms with Crippen LogP contribution in [-0.4, -0.2) is 53.3 Å². The number of nitrogens with zero attached hydrogens (tertiary/aromatic N) is 1. The summed E-state index contributed by atoms with van der Waals surface area (Å²) in [5.74, 6) is -0.639. The van der Waals surface area contributed by atoms with Gasteiger partial charge in [-0.15, -0.1) is 0 Å². The molecule has 1 fully saturated rings. The van der Waals surface area contributed by atoms with Crippen molar-refractivity contribution in [3.05, 3.63) is 0 Å². The van der Waals surface area contributed by atoms with Crippen LogP contribution >= 0.6 is 0 Å². The third-order valence-corrected chi connectivity index (χ3v) is 3.14. The van der Waals surface area contributed by atoms with Crippen LogP contribution in [0, 0.1) is 11.8 Å². The largest absolute Gasteiger partial charge is 0.481 e. The van der Waals surface area contributed by atoms with Gasteiger partial charge in [-0.2, -0.15) is 0 Å². The Morgan fingerprint density at radius 2 is 2.12 bits per heavy atom. The first-order valence-corrected chi connectivity index (χ1v) is 5.76. The molecule has 6 heteroatoms. The maximum Gasteiger partial charge on any atom is 0.451 e. The normalized spacial score (nSPS) is 26.7. The summed E-state index contributed by atoms with van der Waals surface area (Å²) in [5.41, 5.74) is 0. The Morgan fingerprint density at radius 3 is 2.69 bits per heavy atom. The second-order valence-corrected chi connectivity index (χ2v) is 4.77. The molecule has 0 amide bonds. The van der Waals surface area contributed by atoms with Gasteiger partial charge in [0.25, 0.3) is 0 Å². The number of piperidine rings is 1. The molecule has 0 aromatic heterocycles. The van der Waals surface area contributed by atoms with E-state index in [2.05, 4.69) is 0 Å². The minimum Gasteiger partial charge on any atom is -0.481 e. The molecule has 0 aromatic carbocycles. The molecular weight excluding hydrogens is 209 g/mol. The van der Waals surface area contributed by atoms with Crippen LogP contribution in [0.5, 0.6) is 0 Å². The van der Waals surface area contributed by atoms with Crippen molar-refractivity contribution in [2.75, 3.05) is 20.1 Å². The number of hydrogen-bond acceptors (Lipinski definition) is 4. The first kappa shape index (κ1) is 13.5. The highest BCUT2D eigenvalue weighted by atomic mass is 16.4. The predicted molar refractivity (Wildman–Crippen MR) is 61.0 cm³/mol. The van der Waals surface area contributed by atoms with Crippen LogP contribution in [-0.2, 0) is 4.79 Å². The molecule has 1 heterocycles. The van der Waals surface area contributed by atoms with Crippen molar-refractivity contribution >= 4 is 13.1 Å². The number of rotatable bonds is 5. The van der Waals surface area contributed by atoms with Crippen molar-refractivity contribution in [1.82, 2.24) is 4.90 Å². The highest BCUT2D eigenvalue weighted by molar-refractivity contribution is 6.40. The van der Waals surface area contributed by atoms with Crippen LogP contribution in [0.1, 0.15) is 19.3 Å². The van der Waals surface area contributed by atoms with Gasteiger partial charge in [-0.3, -0.25) is 4.79 Å². The second kappa shape index (κ2) is 6.22. The first-order valence-electron chi connectivity index (χ1n) is 5.76. The predicted octanol–water partition coefficient (Wildman–Crippen LogP) is -0.108. The number of aliphatic carboxylic acids is 1. The number of likely N-dealkylation sites (tertiary alicyclic amines) is 1. The van der Waals surface area contributed by atoms with Crippen LogP contribution in [0.25, 0.3) is 0 Å². The average Bonchev–Trinajstić information content (AvgIpc) is 2.16. The fraction of sp³-hybridized carbons (Fsp3) is 0.900. The van der Waals surface area contributed by atoms with E-state index in [1.165, 1.54) is 0 Å². The van der Waals surface area contributed by atoms with Gasteiger partial charge in [0.15, 0.2) is 0 Å². The first-order chi connectivity index (χ1) is 7.49. The summed E-state index contributed by atoms with van der Waals surface area (Å²) in [6.07, 6.45) is 2.69. The molecule has 2 atom stereocenters. The van der Waals surface area contributed by atoms with Gasteiger partial charge in [0.05, 0.1) is 5.92 Å². The zero-order valence-electron chi connectivity index (χ0n) is 9.67. The van der Waals surface area contributed by atoms with Crippen LogP contribution in [0.4, 0.5) is 0 Å². The number of carboxylic acid groups (broad SMARTS) is 1. The Balaban J connectivity index is 2.33. The molecule has 1 aliphatic rings. The third-order valence-electron chi connectivity index (χ3n) is 3.14. The summed E-state index contributed by atoms with van der Waals surface area (Å²) in [6, 6.07) is 0. The van der Waals surface area contributed by atoms with Crippen LogP contribution < -0.4 is 0 Å². The molecule has 0 aliphatic carbocycles. The minimum absolute atomic E-state index is 0.275. The lowest BCUT2D eigenvalue weighted by Crippen LogP contribution is -2.41. The third kappa shape index (κ3) is 4.51. The number of carbonyl (C=O) groups is 1. The summed E-state index contributed by atoms with van der Waals surface area (Å²) < 4.78 is 0. The molecule has 1 aliphatic heterocycles. The Kier molecular flexibility index (Phi) is 5.24. The molecule has 0 bridgehead atoms. The second-order valence-electron chi connectivity index (χ2n) is 4.77. The van der Waals surface area contributed by atoms with E-state index in [9.17, 15) is 4.79 Å². The number of hydrogen-bond donors (Lipinski definition) is 3. The molecule has 5 nitrogen and oxygen atoms in total. The summed E-state index contributed by atoms with van der Waals surface area (Å²) in [5, 5.41) is 26.4. The molecule has 0 saturated carbocycles. The van der Waals surface area contributed by atoms with E-state index in [0.717, 1.165) is 19.4 Å². The maximum atomic E-state index is 10.9. The fourth-order valence-corrected chi connectivity index (χ4v) is 2.42. The Bertz CT molecular complexity index is 237. The van der Waals surface area contributed by atoms with Crippen molar-refractivity contribution in [3.8, 4) is 0 Å². The minimum atomic E-state index is -1.24. The van der Waals surface area contributed by atoms with Gasteiger partial charge in [-0.25, -0.2) is 0 Å². The van der Waals surface area contributed by atoms with E-state index in [-0.39, 0.29) is 5.92 Å². The van der Waals surface area contributed by atoms with E-state index in [1.807, 2.05) is 11.9 Å². The lowest BCUT2D eigenvalue weighted by Gasteiger charge is -2.33. The zero-order chi connectivity index (χ0) is 12.1. The van der Waals surface area contributed by atoms with Gasteiger partial charge in [-0.05, 0) is 32.1 Å². The number of carboxylic acids is 1. The molecule has 1 unspecified atom stereocenters. The molecule has 92 valence electrons. The van der Waals surface area contributed by atoms with Crippen molar-refractivity contribution in [2.45, 2.75) is 25.6 Å². The molecule has 16 heavy (non-hydrogen) atoms. The van der Waals surface area contributed by atoms with E-state index in [0.29, 0.717) is 25.2 Å². The fourth-order valence-electron chi connectivity index (χ4n) is 2.42. The van der Waals surface area contributed by atoms with Crippen molar-refractivity contribution in [3.63, 3.8) is 0 Å². The zero-order valence-corrected chi connectivity index (χ0v) is 9.67. The topological polar surface area (TPSA) is 81.0 Å². The monoisotopic (exact) mass is 229 g/mol. The van der Waals surface area contributed by atoms with Crippen LogP contribution in [0.2, 0.25) is 6.32 Å². The summed E-state index contributed by atoms with van der Waals surface area (Å²) in [7, 11) is 0.694. The Morgan fingerprint density at radius 1 is 1.44 bits per heavy atom. The van der Waals surface area contributed by atoms with Gasteiger partial charge >= 0.3 is 13.1 Å².